The lowest BCUT2D eigenvalue weighted by Gasteiger charge is -2.44. The van der Waals surface area contributed by atoms with E-state index in [-0.39, 0.29) is 26.4 Å². The number of nitrogens with one attached hydrogen (secondary N) is 1. The van der Waals surface area contributed by atoms with Crippen LogP contribution in [0.2, 0.25) is 0 Å². The Kier molecular flexibility index (Phi) is 17.7. The van der Waals surface area contributed by atoms with E-state index < -0.39 is 39.0 Å². The number of rotatable bonds is 18. The van der Waals surface area contributed by atoms with Crippen molar-refractivity contribution in [2.45, 2.75) is 77.9 Å². The second-order valence-corrected chi connectivity index (χ2v) is 12.6. The lowest BCUT2D eigenvalue weighted by Crippen LogP contribution is -3.11. The molecule has 4 aromatic carbocycles. The van der Waals surface area contributed by atoms with Crippen LogP contribution in [-0.4, -0.2) is 56.9 Å². The van der Waals surface area contributed by atoms with Gasteiger partial charge in [0.05, 0.1) is 52.7 Å². The van der Waals surface area contributed by atoms with Gasteiger partial charge in [0.25, 0.3) is 0 Å². The Labute approximate surface area is 298 Å². The molecule has 0 bridgehead atoms. The smallest absolute Gasteiger partial charge is 0.491 e. The van der Waals surface area contributed by atoms with Crippen LogP contribution >= 0.6 is 8.25 Å². The molecule has 1 saturated heterocycles. The molecule has 1 aliphatic heterocycles. The van der Waals surface area contributed by atoms with Gasteiger partial charge in [-0.15, -0.1) is 4.52 Å². The summed E-state index contributed by atoms with van der Waals surface area (Å²) in [6.45, 7) is 11.7. The number of hydrogen-bond acceptors (Lipinski definition) is 8. The third-order valence-corrected chi connectivity index (χ3v) is 8.91. The van der Waals surface area contributed by atoms with Crippen molar-refractivity contribution in [1.82, 2.24) is 0 Å². The van der Waals surface area contributed by atoms with Crippen molar-refractivity contribution in [3.05, 3.63) is 144 Å². The Morgan fingerprint density at radius 1 is 0.580 bits per heavy atom. The molecule has 6 atom stereocenters. The normalized spacial score (nSPS) is 20.6. The van der Waals surface area contributed by atoms with Crippen LogP contribution in [0.15, 0.2) is 121 Å². The van der Waals surface area contributed by atoms with Crippen LogP contribution in [0.25, 0.3) is 0 Å². The second kappa shape index (κ2) is 22.5. The third kappa shape index (κ3) is 13.4. The van der Waals surface area contributed by atoms with Gasteiger partial charge in [0.2, 0.25) is 6.29 Å². The molecule has 0 aliphatic carbocycles. The first-order valence-corrected chi connectivity index (χ1v) is 18.5. The Hall–Kier alpha value is -3.34. The van der Waals surface area contributed by atoms with Crippen molar-refractivity contribution in [2.75, 3.05) is 26.2 Å². The Balaban J connectivity index is 0.000000727. The third-order valence-electron chi connectivity index (χ3n) is 8.53. The van der Waals surface area contributed by atoms with Crippen molar-refractivity contribution >= 4 is 8.25 Å². The molecule has 4 aromatic rings. The van der Waals surface area contributed by atoms with Crippen LogP contribution in [0.3, 0.4) is 0 Å². The first-order chi connectivity index (χ1) is 24.5. The zero-order valence-corrected chi connectivity index (χ0v) is 30.2. The summed E-state index contributed by atoms with van der Waals surface area (Å²) in [6.07, 6.45) is -4.35. The number of quaternary nitrogens is 1. The molecule has 0 aromatic heterocycles. The van der Waals surface area contributed by atoms with E-state index in [9.17, 15) is 9.46 Å². The molecule has 1 N–H and O–H groups in total. The molecule has 0 spiro atoms. The minimum Gasteiger partial charge on any atom is -0.566 e. The average molecular weight is 705 g/mol. The van der Waals surface area contributed by atoms with Crippen molar-refractivity contribution < 1.29 is 42.6 Å². The minimum absolute atomic E-state index is 0.112. The molecule has 1 heterocycles. The topological polar surface area (TPSA) is 100.0 Å². The summed E-state index contributed by atoms with van der Waals surface area (Å²) < 4.78 is 48.8. The van der Waals surface area contributed by atoms with Gasteiger partial charge >= 0.3 is 8.25 Å². The predicted octanol–water partition coefficient (Wildman–Crippen LogP) is 5.65. The highest BCUT2D eigenvalue weighted by Gasteiger charge is 2.51. The quantitative estimate of drug-likeness (QED) is 0.133. The average Bonchev–Trinajstić information content (AvgIpc) is 3.15. The Bertz CT molecular complexity index is 1460. The molecular formula is C40H51NO8P+. The lowest BCUT2D eigenvalue weighted by atomic mass is 9.98. The van der Waals surface area contributed by atoms with Gasteiger partial charge in [-0.1, -0.05) is 121 Å². The maximum absolute atomic E-state index is 11.8. The summed E-state index contributed by atoms with van der Waals surface area (Å²) in [5, 5.41) is 0. The fraction of sp³-hybridized carbons (Fsp3) is 0.400. The van der Waals surface area contributed by atoms with Crippen molar-refractivity contribution in [3.8, 4) is 0 Å². The number of ether oxygens (including phenoxy) is 5. The van der Waals surface area contributed by atoms with Crippen LogP contribution in [-0.2, 0) is 59.2 Å². The summed E-state index contributed by atoms with van der Waals surface area (Å²) >= 11 is 0. The highest BCUT2D eigenvalue weighted by Crippen LogP contribution is 2.34. The van der Waals surface area contributed by atoms with Gasteiger partial charge in [-0.3, -0.25) is 0 Å². The van der Waals surface area contributed by atoms with Crippen LogP contribution in [0.4, 0.5) is 0 Å². The Morgan fingerprint density at radius 3 is 1.34 bits per heavy atom. The van der Waals surface area contributed by atoms with Crippen LogP contribution in [0.1, 0.15) is 43.0 Å². The largest absolute Gasteiger partial charge is 0.566 e. The molecule has 9 nitrogen and oxygen atoms in total. The molecule has 0 amide bonds. The zero-order chi connectivity index (χ0) is 35.4. The first-order valence-electron chi connectivity index (χ1n) is 17.4. The predicted molar refractivity (Wildman–Crippen MR) is 191 cm³/mol. The van der Waals surface area contributed by atoms with E-state index in [4.69, 9.17) is 28.2 Å². The fourth-order valence-electron chi connectivity index (χ4n) is 5.67. The van der Waals surface area contributed by atoms with E-state index in [1.54, 1.807) is 4.90 Å². The van der Waals surface area contributed by atoms with Gasteiger partial charge < -0.3 is 33.5 Å². The van der Waals surface area contributed by atoms with Gasteiger partial charge in [0.15, 0.2) is 0 Å². The fourth-order valence-corrected chi connectivity index (χ4v) is 6.01. The maximum atomic E-state index is 11.8. The summed E-state index contributed by atoms with van der Waals surface area (Å²) in [6, 6.07) is 38.9. The molecule has 10 heteroatoms. The molecule has 0 saturated carbocycles. The van der Waals surface area contributed by atoms with Gasteiger partial charge in [0, 0.05) is 0 Å². The molecule has 1 aliphatic rings. The van der Waals surface area contributed by atoms with E-state index in [1.807, 2.05) is 121 Å². The zero-order valence-electron chi connectivity index (χ0n) is 29.3. The summed E-state index contributed by atoms with van der Waals surface area (Å²) in [4.78, 5) is 13.5. The molecule has 0 radical (unpaired) electrons. The van der Waals surface area contributed by atoms with E-state index in [2.05, 4.69) is 20.8 Å². The molecular weight excluding hydrogens is 653 g/mol. The standard InChI is InChI=1S/C34H35O8P.C6H15N/c35-43(36)42-34-33(40-24-29-19-11-4-12-20-29)32(39-23-28-17-9-3-10-18-28)31(38-22-27-15-7-2-8-16-27)30(41-34)25-37-21-26-13-5-1-6-14-26;1-4-7(5-2)6-3/h1-20,30-34H,21-25H2;4-6H2,1-3H3/p+1/t30-,31-,32+,33-,34-;/m1./s1. The second-order valence-electron chi connectivity index (χ2n) is 12.0. The molecule has 1 unspecified atom stereocenters. The highest BCUT2D eigenvalue weighted by molar-refractivity contribution is 7.30. The monoisotopic (exact) mass is 704 g/mol. The van der Waals surface area contributed by atoms with Crippen LogP contribution < -0.4 is 9.79 Å². The maximum Gasteiger partial charge on any atom is 0.491 e. The van der Waals surface area contributed by atoms with Gasteiger partial charge in [0.1, 0.15) is 24.4 Å². The van der Waals surface area contributed by atoms with Gasteiger partial charge in [-0.2, -0.15) is 0 Å². The molecule has 5 rings (SSSR count). The van der Waals surface area contributed by atoms with Crippen molar-refractivity contribution in [3.63, 3.8) is 0 Å². The summed E-state index contributed by atoms with van der Waals surface area (Å²) in [7, 11) is -3.26. The molecule has 50 heavy (non-hydrogen) atoms. The minimum atomic E-state index is -3.26. The SMILES string of the molecule is CC[NH+](CC)CC.O=[P+]([O-])O[C@H]1O[C@H](COCc2ccccc2)[C@@H](OCc2ccccc2)[C@H](OCc2ccccc2)[C@H]1OCc1ccccc1. The van der Waals surface area contributed by atoms with Crippen molar-refractivity contribution in [1.29, 1.82) is 0 Å². The first kappa shape index (κ1) is 39.4. The van der Waals surface area contributed by atoms with E-state index in [1.165, 1.54) is 19.6 Å². The summed E-state index contributed by atoms with van der Waals surface area (Å²) in [5.41, 5.74) is 3.82. The van der Waals surface area contributed by atoms with E-state index in [0.717, 1.165) is 22.3 Å². The van der Waals surface area contributed by atoms with Crippen molar-refractivity contribution in [2.24, 2.45) is 0 Å². The van der Waals surface area contributed by atoms with Gasteiger partial charge in [-0.05, 0) is 47.6 Å². The highest BCUT2D eigenvalue weighted by atomic mass is 31.1. The molecule has 1 fully saturated rings. The van der Waals surface area contributed by atoms with Crippen LogP contribution in [0, 0.1) is 0 Å². The van der Waals surface area contributed by atoms with Gasteiger partial charge in [-0.25, -0.2) is 0 Å². The Morgan fingerprint density at radius 2 is 0.960 bits per heavy atom. The van der Waals surface area contributed by atoms with E-state index in [0.29, 0.717) is 6.61 Å². The summed E-state index contributed by atoms with van der Waals surface area (Å²) in [5.74, 6) is 0. The number of hydrogen-bond donors (Lipinski definition) is 1. The molecule has 268 valence electrons. The van der Waals surface area contributed by atoms with Crippen LogP contribution in [0.5, 0.6) is 0 Å². The van der Waals surface area contributed by atoms with E-state index >= 15 is 0 Å². The lowest BCUT2D eigenvalue weighted by molar-refractivity contribution is -0.894. The number of benzene rings is 4.